The number of aromatic nitrogens is 2. The number of thioether (sulfide) groups is 1. The summed E-state index contributed by atoms with van der Waals surface area (Å²) in [4.78, 5) is 24.3. The lowest BCUT2D eigenvalue weighted by molar-refractivity contribution is 0.0907. The third kappa shape index (κ3) is 2.52. The molecule has 2 aromatic carbocycles. The van der Waals surface area contributed by atoms with Gasteiger partial charge in [0.2, 0.25) is 5.91 Å². The minimum absolute atomic E-state index is 0.190. The van der Waals surface area contributed by atoms with Gasteiger partial charge in [0.15, 0.2) is 11.2 Å². The van der Waals surface area contributed by atoms with Gasteiger partial charge in [0.25, 0.3) is 0 Å². The number of hydrogen-bond donors (Lipinski definition) is 0. The predicted octanol–water partition coefficient (Wildman–Crippen LogP) is 3.56. The van der Waals surface area contributed by atoms with Gasteiger partial charge in [-0.1, -0.05) is 29.4 Å². The number of carbonyl (C=O) groups excluding carboxylic acids is 1. The molecule has 4 rings (SSSR count). The van der Waals surface area contributed by atoms with E-state index in [0.29, 0.717) is 22.4 Å². The number of hydrogen-bond acceptors (Lipinski definition) is 6. The summed E-state index contributed by atoms with van der Waals surface area (Å²) in [6.07, 6.45) is 0.190. The Labute approximate surface area is 140 Å². The lowest BCUT2D eigenvalue weighted by Gasteiger charge is -2.00. The molecule has 0 aliphatic heterocycles. The van der Waals surface area contributed by atoms with E-state index in [1.54, 1.807) is 24.3 Å². The van der Waals surface area contributed by atoms with E-state index < -0.39 is 5.76 Å². The molecule has 0 bridgehead atoms. The molecule has 6 nitrogen and oxygen atoms in total. The molecule has 24 heavy (non-hydrogen) atoms. The van der Waals surface area contributed by atoms with Gasteiger partial charge in [0, 0.05) is 12.2 Å². The second kappa shape index (κ2) is 6.01. The molecule has 2 heterocycles. The van der Waals surface area contributed by atoms with E-state index in [2.05, 4.69) is 5.16 Å². The maximum absolute atomic E-state index is 12.4. The van der Waals surface area contributed by atoms with Crippen LogP contribution in [-0.2, 0) is 0 Å². The highest BCUT2D eigenvalue weighted by Gasteiger charge is 2.16. The Bertz CT molecular complexity index is 1090. The van der Waals surface area contributed by atoms with Crippen molar-refractivity contribution in [2.75, 3.05) is 5.75 Å². The Balaban J connectivity index is 1.50. The first-order valence-electron chi connectivity index (χ1n) is 7.35. The van der Waals surface area contributed by atoms with Gasteiger partial charge in [-0.25, -0.2) is 9.36 Å². The summed E-state index contributed by atoms with van der Waals surface area (Å²) in [5.41, 5.74) is 1.61. The van der Waals surface area contributed by atoms with Crippen molar-refractivity contribution in [1.82, 2.24) is 9.72 Å². The summed E-state index contributed by atoms with van der Waals surface area (Å²) in [6, 6.07) is 14.4. The first-order chi connectivity index (χ1) is 11.7. The topological polar surface area (TPSA) is 78.2 Å². The molecule has 2 aromatic heterocycles. The zero-order valence-electron chi connectivity index (χ0n) is 12.5. The van der Waals surface area contributed by atoms with Crippen LogP contribution in [0.1, 0.15) is 11.2 Å². The number of fused-ring (bicyclic) bond motifs is 2. The summed E-state index contributed by atoms with van der Waals surface area (Å²) in [5, 5.41) is 5.67. The van der Waals surface area contributed by atoms with Gasteiger partial charge in [0.05, 0.1) is 10.9 Å². The Morgan fingerprint density at radius 3 is 2.71 bits per heavy atom. The third-order valence-electron chi connectivity index (χ3n) is 3.63. The van der Waals surface area contributed by atoms with Gasteiger partial charge in [-0.05, 0) is 24.3 Å². The van der Waals surface area contributed by atoms with Crippen LogP contribution in [0.5, 0.6) is 0 Å². The van der Waals surface area contributed by atoms with Crippen LogP contribution in [0.4, 0.5) is 0 Å². The maximum atomic E-state index is 12.4. The maximum Gasteiger partial charge on any atom is 0.426 e. The molecular weight excluding hydrogens is 328 g/mol. The second-order valence-corrected chi connectivity index (χ2v) is 6.23. The molecule has 4 aromatic rings. The molecule has 0 aliphatic rings. The lowest BCUT2D eigenvalue weighted by atomic mass is 10.3. The van der Waals surface area contributed by atoms with E-state index >= 15 is 0 Å². The van der Waals surface area contributed by atoms with Gasteiger partial charge < -0.3 is 8.94 Å². The summed E-state index contributed by atoms with van der Waals surface area (Å²) in [6.45, 7) is 0. The molecule has 0 amide bonds. The fourth-order valence-electron chi connectivity index (χ4n) is 2.52. The van der Waals surface area contributed by atoms with E-state index in [9.17, 15) is 9.59 Å². The van der Waals surface area contributed by atoms with Crippen LogP contribution in [-0.4, -0.2) is 21.4 Å². The van der Waals surface area contributed by atoms with Gasteiger partial charge in [-0.3, -0.25) is 4.79 Å². The van der Waals surface area contributed by atoms with Crippen molar-refractivity contribution in [3.05, 3.63) is 59.1 Å². The Morgan fingerprint density at radius 2 is 1.83 bits per heavy atom. The molecule has 0 fully saturated rings. The largest absolute Gasteiger partial charge is 0.426 e. The van der Waals surface area contributed by atoms with Crippen molar-refractivity contribution < 1.29 is 13.7 Å². The minimum atomic E-state index is -0.655. The molecule has 0 spiro atoms. The second-order valence-electron chi connectivity index (χ2n) is 5.15. The number of rotatable bonds is 4. The Morgan fingerprint density at radius 1 is 1.08 bits per heavy atom. The van der Waals surface area contributed by atoms with Crippen LogP contribution in [0.15, 0.2) is 67.3 Å². The SMILES string of the molecule is O=C(CCSc1noc2ccccc12)n1c(=O)oc2ccccc21. The minimum Gasteiger partial charge on any atom is -0.407 e. The average Bonchev–Trinajstić information content (AvgIpc) is 3.15. The molecule has 0 radical (unpaired) electrons. The molecular formula is C17H12N2O4S. The standard InChI is InChI=1S/C17H12N2O4S/c20-15(19-12-6-2-4-8-14(12)22-17(19)21)9-10-24-16-11-5-1-3-7-13(11)23-18-16/h1-8H,9-10H2. The van der Waals surface area contributed by atoms with Gasteiger partial charge >= 0.3 is 5.76 Å². The van der Waals surface area contributed by atoms with Crippen LogP contribution >= 0.6 is 11.8 Å². The smallest absolute Gasteiger partial charge is 0.407 e. The molecule has 120 valence electrons. The van der Waals surface area contributed by atoms with Crippen molar-refractivity contribution >= 4 is 39.7 Å². The van der Waals surface area contributed by atoms with E-state index in [-0.39, 0.29) is 12.3 Å². The Hall–Kier alpha value is -2.80. The van der Waals surface area contributed by atoms with Crippen molar-refractivity contribution in [3.63, 3.8) is 0 Å². The number of benzene rings is 2. The highest BCUT2D eigenvalue weighted by Crippen LogP contribution is 2.27. The average molecular weight is 340 g/mol. The van der Waals surface area contributed by atoms with Gasteiger partial charge in [-0.2, -0.15) is 0 Å². The van der Waals surface area contributed by atoms with E-state index in [1.165, 1.54) is 11.8 Å². The van der Waals surface area contributed by atoms with Crippen LogP contribution < -0.4 is 5.76 Å². The zero-order chi connectivity index (χ0) is 16.5. The highest BCUT2D eigenvalue weighted by atomic mass is 32.2. The van der Waals surface area contributed by atoms with Gasteiger partial charge in [0.1, 0.15) is 5.03 Å². The quantitative estimate of drug-likeness (QED) is 0.529. The first kappa shape index (κ1) is 14.8. The number of para-hydroxylation sites is 3. The number of carbonyl (C=O) groups is 1. The monoisotopic (exact) mass is 340 g/mol. The lowest BCUT2D eigenvalue weighted by Crippen LogP contribution is -2.22. The summed E-state index contributed by atoms with van der Waals surface area (Å²) >= 11 is 1.42. The normalized spacial score (nSPS) is 11.3. The Kier molecular flexibility index (Phi) is 3.70. The summed E-state index contributed by atoms with van der Waals surface area (Å²) < 4.78 is 11.4. The molecule has 0 N–H and O–H groups in total. The fraction of sp³-hybridized carbons (Fsp3) is 0.118. The van der Waals surface area contributed by atoms with Crippen LogP contribution in [0, 0.1) is 0 Å². The predicted molar refractivity (Wildman–Crippen MR) is 90.5 cm³/mol. The first-order valence-corrected chi connectivity index (χ1v) is 8.33. The number of nitrogens with zero attached hydrogens (tertiary/aromatic N) is 2. The van der Waals surface area contributed by atoms with Crippen LogP contribution in [0.25, 0.3) is 22.1 Å². The summed E-state index contributed by atoms with van der Waals surface area (Å²) in [5.74, 6) is -0.468. The van der Waals surface area contributed by atoms with E-state index in [4.69, 9.17) is 8.94 Å². The fourth-order valence-corrected chi connectivity index (χ4v) is 3.40. The van der Waals surface area contributed by atoms with Crippen molar-refractivity contribution in [2.45, 2.75) is 11.4 Å². The van der Waals surface area contributed by atoms with Crippen molar-refractivity contribution in [3.8, 4) is 0 Å². The van der Waals surface area contributed by atoms with Crippen LogP contribution in [0.2, 0.25) is 0 Å². The van der Waals surface area contributed by atoms with E-state index in [0.717, 1.165) is 15.0 Å². The summed E-state index contributed by atoms with van der Waals surface area (Å²) in [7, 11) is 0. The molecule has 0 saturated carbocycles. The molecule has 0 aliphatic carbocycles. The third-order valence-corrected chi connectivity index (χ3v) is 4.61. The zero-order valence-corrected chi connectivity index (χ0v) is 13.3. The van der Waals surface area contributed by atoms with Crippen molar-refractivity contribution in [2.24, 2.45) is 0 Å². The van der Waals surface area contributed by atoms with Gasteiger partial charge in [-0.15, -0.1) is 11.8 Å². The number of oxazole rings is 1. The van der Waals surface area contributed by atoms with E-state index in [1.807, 2.05) is 24.3 Å². The molecule has 7 heteroatoms. The molecule has 0 atom stereocenters. The van der Waals surface area contributed by atoms with Crippen molar-refractivity contribution in [1.29, 1.82) is 0 Å². The van der Waals surface area contributed by atoms with Crippen LogP contribution in [0.3, 0.4) is 0 Å². The highest BCUT2D eigenvalue weighted by molar-refractivity contribution is 7.99. The molecule has 0 saturated heterocycles. The molecule has 0 unspecified atom stereocenters.